The van der Waals surface area contributed by atoms with Crippen molar-refractivity contribution < 1.29 is 4.74 Å². The van der Waals surface area contributed by atoms with E-state index in [0.29, 0.717) is 6.61 Å². The SMILES string of the molecule is Cc1cccc(OCCCn2ncc3ccc(N)cc32)c1. The first-order chi connectivity index (χ1) is 10.2. The second-order valence-electron chi connectivity index (χ2n) is 5.20. The lowest BCUT2D eigenvalue weighted by Crippen LogP contribution is -2.05. The van der Waals surface area contributed by atoms with Gasteiger partial charge in [0.15, 0.2) is 0 Å². The lowest BCUT2D eigenvalue weighted by Gasteiger charge is -2.07. The molecule has 108 valence electrons. The summed E-state index contributed by atoms with van der Waals surface area (Å²) >= 11 is 0. The third kappa shape index (κ3) is 3.16. The van der Waals surface area contributed by atoms with E-state index in [1.54, 1.807) is 0 Å². The topological polar surface area (TPSA) is 53.1 Å². The predicted octanol–water partition coefficient (Wildman–Crippen LogP) is 3.40. The van der Waals surface area contributed by atoms with Crippen LogP contribution in [0.2, 0.25) is 0 Å². The Morgan fingerprint density at radius 2 is 2.10 bits per heavy atom. The fourth-order valence-electron chi connectivity index (χ4n) is 2.38. The summed E-state index contributed by atoms with van der Waals surface area (Å²) < 4.78 is 7.73. The summed E-state index contributed by atoms with van der Waals surface area (Å²) in [6.45, 7) is 3.55. The summed E-state index contributed by atoms with van der Waals surface area (Å²) in [5, 5.41) is 5.52. The smallest absolute Gasteiger partial charge is 0.119 e. The van der Waals surface area contributed by atoms with Crippen molar-refractivity contribution in [2.45, 2.75) is 19.9 Å². The number of fused-ring (bicyclic) bond motifs is 1. The van der Waals surface area contributed by atoms with Crippen molar-refractivity contribution in [1.82, 2.24) is 9.78 Å². The van der Waals surface area contributed by atoms with Gasteiger partial charge in [-0.05, 0) is 42.8 Å². The van der Waals surface area contributed by atoms with Gasteiger partial charge in [0.2, 0.25) is 0 Å². The highest BCUT2D eigenvalue weighted by Crippen LogP contribution is 2.17. The van der Waals surface area contributed by atoms with E-state index in [1.807, 2.05) is 47.3 Å². The number of aryl methyl sites for hydroxylation is 2. The van der Waals surface area contributed by atoms with Crippen molar-refractivity contribution in [3.05, 3.63) is 54.2 Å². The number of benzene rings is 2. The van der Waals surface area contributed by atoms with Crippen molar-refractivity contribution in [1.29, 1.82) is 0 Å². The zero-order chi connectivity index (χ0) is 14.7. The third-order valence-corrected chi connectivity index (χ3v) is 3.44. The molecular formula is C17H19N3O. The van der Waals surface area contributed by atoms with Crippen LogP contribution in [-0.2, 0) is 6.54 Å². The van der Waals surface area contributed by atoms with Crippen molar-refractivity contribution in [2.24, 2.45) is 0 Å². The number of aromatic nitrogens is 2. The van der Waals surface area contributed by atoms with Crippen LogP contribution in [0.25, 0.3) is 10.9 Å². The molecule has 0 spiro atoms. The zero-order valence-electron chi connectivity index (χ0n) is 12.1. The minimum Gasteiger partial charge on any atom is -0.494 e. The van der Waals surface area contributed by atoms with Crippen LogP contribution in [0.3, 0.4) is 0 Å². The molecule has 0 aliphatic carbocycles. The summed E-state index contributed by atoms with van der Waals surface area (Å²) in [6, 6.07) is 14.0. The minimum atomic E-state index is 0.674. The number of nitrogen functional groups attached to an aromatic ring is 1. The van der Waals surface area contributed by atoms with Gasteiger partial charge >= 0.3 is 0 Å². The normalized spacial score (nSPS) is 10.9. The highest BCUT2D eigenvalue weighted by molar-refractivity contribution is 5.81. The summed E-state index contributed by atoms with van der Waals surface area (Å²) in [5.74, 6) is 0.921. The molecule has 0 saturated heterocycles. The molecule has 3 aromatic rings. The highest BCUT2D eigenvalue weighted by Gasteiger charge is 2.03. The van der Waals surface area contributed by atoms with Crippen molar-refractivity contribution in [3.63, 3.8) is 0 Å². The van der Waals surface area contributed by atoms with Gasteiger partial charge in [-0.3, -0.25) is 4.68 Å². The van der Waals surface area contributed by atoms with Gasteiger partial charge in [0.05, 0.1) is 18.3 Å². The molecule has 0 aliphatic heterocycles. The molecule has 0 aliphatic rings. The molecule has 0 atom stereocenters. The van der Waals surface area contributed by atoms with Gasteiger partial charge in [-0.1, -0.05) is 12.1 Å². The number of nitrogens with two attached hydrogens (primary N) is 1. The first-order valence-electron chi connectivity index (χ1n) is 7.13. The van der Waals surface area contributed by atoms with Gasteiger partial charge in [-0.2, -0.15) is 5.10 Å². The van der Waals surface area contributed by atoms with E-state index in [2.05, 4.69) is 18.1 Å². The molecule has 2 N–H and O–H groups in total. The van der Waals surface area contributed by atoms with Crippen LogP contribution < -0.4 is 10.5 Å². The van der Waals surface area contributed by atoms with Crippen molar-refractivity contribution in [3.8, 4) is 5.75 Å². The van der Waals surface area contributed by atoms with E-state index in [0.717, 1.165) is 35.3 Å². The quantitative estimate of drug-likeness (QED) is 0.576. The number of hydrogen-bond acceptors (Lipinski definition) is 3. The van der Waals surface area contributed by atoms with Crippen molar-refractivity contribution >= 4 is 16.6 Å². The Hall–Kier alpha value is -2.49. The van der Waals surface area contributed by atoms with Gasteiger partial charge in [0, 0.05) is 24.0 Å². The largest absolute Gasteiger partial charge is 0.494 e. The number of ether oxygens (including phenoxy) is 1. The maximum absolute atomic E-state index is 5.83. The average molecular weight is 281 g/mol. The highest BCUT2D eigenvalue weighted by atomic mass is 16.5. The Kier molecular flexibility index (Phi) is 3.77. The molecule has 21 heavy (non-hydrogen) atoms. The Bertz CT molecular complexity index is 749. The maximum Gasteiger partial charge on any atom is 0.119 e. The van der Waals surface area contributed by atoms with Crippen LogP contribution in [0.15, 0.2) is 48.7 Å². The Labute approximate surface area is 124 Å². The lowest BCUT2D eigenvalue weighted by atomic mass is 10.2. The van der Waals surface area contributed by atoms with Crippen LogP contribution in [0.1, 0.15) is 12.0 Å². The lowest BCUT2D eigenvalue weighted by molar-refractivity contribution is 0.299. The fourth-order valence-corrected chi connectivity index (χ4v) is 2.38. The van der Waals surface area contributed by atoms with E-state index in [9.17, 15) is 0 Å². The van der Waals surface area contributed by atoms with Crippen LogP contribution in [0.5, 0.6) is 5.75 Å². The Morgan fingerprint density at radius 1 is 1.19 bits per heavy atom. The van der Waals surface area contributed by atoms with Gasteiger partial charge in [0.1, 0.15) is 5.75 Å². The molecule has 0 radical (unpaired) electrons. The molecule has 0 saturated carbocycles. The molecule has 2 aromatic carbocycles. The molecule has 4 heteroatoms. The zero-order valence-corrected chi connectivity index (χ0v) is 12.1. The number of hydrogen-bond donors (Lipinski definition) is 1. The number of nitrogens with zero attached hydrogens (tertiary/aromatic N) is 2. The molecule has 4 nitrogen and oxygen atoms in total. The van der Waals surface area contributed by atoms with Gasteiger partial charge in [-0.25, -0.2) is 0 Å². The van der Waals surface area contributed by atoms with Crippen molar-refractivity contribution in [2.75, 3.05) is 12.3 Å². The first-order valence-corrected chi connectivity index (χ1v) is 7.13. The van der Waals surface area contributed by atoms with E-state index in [-0.39, 0.29) is 0 Å². The number of rotatable bonds is 5. The molecule has 0 fully saturated rings. The van der Waals surface area contributed by atoms with Crippen LogP contribution in [-0.4, -0.2) is 16.4 Å². The van der Waals surface area contributed by atoms with Crippen LogP contribution >= 0.6 is 0 Å². The first kappa shape index (κ1) is 13.5. The second-order valence-corrected chi connectivity index (χ2v) is 5.20. The van der Waals surface area contributed by atoms with Crippen LogP contribution in [0, 0.1) is 6.92 Å². The van der Waals surface area contributed by atoms with E-state index < -0.39 is 0 Å². The Morgan fingerprint density at radius 3 is 2.95 bits per heavy atom. The molecule has 3 rings (SSSR count). The standard InChI is InChI=1S/C17H19N3O/c1-13-4-2-5-16(10-13)21-9-3-8-20-17-11-15(18)7-6-14(17)12-19-20/h2,4-7,10-12H,3,8-9,18H2,1H3. The van der Waals surface area contributed by atoms with Crippen LogP contribution in [0.4, 0.5) is 5.69 Å². The summed E-state index contributed by atoms with van der Waals surface area (Å²) in [5.41, 5.74) is 8.88. The average Bonchev–Trinajstić information content (AvgIpc) is 2.86. The fraction of sp³-hybridized carbons (Fsp3) is 0.235. The molecule has 1 aromatic heterocycles. The van der Waals surface area contributed by atoms with E-state index in [4.69, 9.17) is 10.5 Å². The molecule has 1 heterocycles. The summed E-state index contributed by atoms with van der Waals surface area (Å²) in [7, 11) is 0. The molecule has 0 unspecified atom stereocenters. The van der Waals surface area contributed by atoms with Gasteiger partial charge < -0.3 is 10.5 Å². The summed E-state index contributed by atoms with van der Waals surface area (Å²) in [4.78, 5) is 0. The molecule has 0 amide bonds. The third-order valence-electron chi connectivity index (χ3n) is 3.44. The molecule has 0 bridgehead atoms. The van der Waals surface area contributed by atoms with E-state index >= 15 is 0 Å². The predicted molar refractivity (Wildman–Crippen MR) is 85.4 cm³/mol. The minimum absolute atomic E-state index is 0.674. The van der Waals surface area contributed by atoms with Gasteiger partial charge in [0.25, 0.3) is 0 Å². The Balaban J connectivity index is 1.58. The van der Waals surface area contributed by atoms with Gasteiger partial charge in [-0.15, -0.1) is 0 Å². The molecular weight excluding hydrogens is 262 g/mol. The monoisotopic (exact) mass is 281 g/mol. The number of anilines is 1. The second kappa shape index (κ2) is 5.87. The van der Waals surface area contributed by atoms with E-state index in [1.165, 1.54) is 5.56 Å². The summed E-state index contributed by atoms with van der Waals surface area (Å²) in [6.07, 6.45) is 2.77. The maximum atomic E-state index is 5.83.